The average Bonchev–Trinajstić information content (AvgIpc) is 3.19. The van der Waals surface area contributed by atoms with Crippen LogP contribution in [0.1, 0.15) is 56.1 Å². The molecule has 1 saturated carbocycles. The molecule has 2 heterocycles. The lowest BCUT2D eigenvalue weighted by molar-refractivity contribution is -0.142. The van der Waals surface area contributed by atoms with Gasteiger partial charge in [-0.2, -0.15) is 0 Å². The second-order valence-electron chi connectivity index (χ2n) is 9.07. The third-order valence-corrected chi connectivity index (χ3v) is 7.06. The van der Waals surface area contributed by atoms with Gasteiger partial charge in [0.15, 0.2) is 0 Å². The molecule has 0 unspecified atom stereocenters. The topological polar surface area (TPSA) is 64.7 Å². The van der Waals surface area contributed by atoms with Gasteiger partial charge in [-0.25, -0.2) is 4.79 Å². The summed E-state index contributed by atoms with van der Waals surface area (Å²) in [5, 5.41) is 6.15. The first-order chi connectivity index (χ1) is 14.0. The molecule has 29 heavy (non-hydrogen) atoms. The Bertz CT molecular complexity index is 752. The van der Waals surface area contributed by atoms with Gasteiger partial charge in [0.25, 0.3) is 0 Å². The van der Waals surface area contributed by atoms with E-state index in [0.29, 0.717) is 6.04 Å². The fourth-order valence-electron chi connectivity index (χ4n) is 5.40. The van der Waals surface area contributed by atoms with Gasteiger partial charge in [0.05, 0.1) is 0 Å². The van der Waals surface area contributed by atoms with Gasteiger partial charge in [-0.15, -0.1) is 0 Å². The highest BCUT2D eigenvalue weighted by atomic mass is 16.2. The van der Waals surface area contributed by atoms with E-state index < -0.39 is 5.54 Å². The first-order valence-corrected chi connectivity index (χ1v) is 11.2. The first kappa shape index (κ1) is 20.2. The fourth-order valence-corrected chi connectivity index (χ4v) is 5.40. The third-order valence-electron chi connectivity index (χ3n) is 7.06. The number of para-hydroxylation sites is 1. The second-order valence-corrected chi connectivity index (χ2v) is 9.07. The summed E-state index contributed by atoms with van der Waals surface area (Å²) < 4.78 is 0. The summed E-state index contributed by atoms with van der Waals surface area (Å²) in [7, 11) is 0. The molecule has 1 aromatic carbocycles. The van der Waals surface area contributed by atoms with Crippen molar-refractivity contribution in [3.8, 4) is 0 Å². The summed E-state index contributed by atoms with van der Waals surface area (Å²) in [6, 6.07) is 6.20. The van der Waals surface area contributed by atoms with Gasteiger partial charge in [-0.05, 0) is 57.2 Å². The predicted octanol–water partition coefficient (Wildman–Crippen LogP) is 3.43. The number of nitrogens with one attached hydrogen (secondary N) is 2. The number of carbonyl (C=O) groups excluding carboxylic acids is 2. The summed E-state index contributed by atoms with van der Waals surface area (Å²) in [4.78, 5) is 31.1. The van der Waals surface area contributed by atoms with Gasteiger partial charge in [0, 0.05) is 31.4 Å². The molecule has 3 amide bonds. The molecule has 2 aliphatic heterocycles. The molecule has 3 aliphatic rings. The van der Waals surface area contributed by atoms with Gasteiger partial charge in [0.1, 0.15) is 5.54 Å². The predicted molar refractivity (Wildman–Crippen MR) is 115 cm³/mol. The molecule has 2 N–H and O–H groups in total. The number of benzene rings is 1. The zero-order valence-electron chi connectivity index (χ0n) is 17.8. The number of aryl methyl sites for hydroxylation is 2. The summed E-state index contributed by atoms with van der Waals surface area (Å²) >= 11 is 0. The minimum absolute atomic E-state index is 0.125. The maximum absolute atomic E-state index is 13.7. The van der Waals surface area contributed by atoms with Crippen molar-refractivity contribution in [2.75, 3.05) is 31.5 Å². The number of fused-ring (bicyclic) bond motifs is 1. The normalized spacial score (nSPS) is 24.1. The highest BCUT2D eigenvalue weighted by Crippen LogP contribution is 2.32. The van der Waals surface area contributed by atoms with Crippen LogP contribution in [0.3, 0.4) is 0 Å². The van der Waals surface area contributed by atoms with Gasteiger partial charge in [0.2, 0.25) is 5.91 Å². The van der Waals surface area contributed by atoms with E-state index in [2.05, 4.69) is 15.5 Å². The molecule has 0 aromatic heterocycles. The largest absolute Gasteiger partial charge is 0.338 e. The molecule has 158 valence electrons. The first-order valence-electron chi connectivity index (χ1n) is 11.2. The lowest BCUT2D eigenvalue weighted by Gasteiger charge is -2.44. The molecule has 0 spiro atoms. The van der Waals surface area contributed by atoms with Crippen molar-refractivity contribution in [2.24, 2.45) is 0 Å². The van der Waals surface area contributed by atoms with Crippen molar-refractivity contribution < 1.29 is 9.59 Å². The Hall–Kier alpha value is -2.08. The highest BCUT2D eigenvalue weighted by molar-refractivity contribution is 5.97. The van der Waals surface area contributed by atoms with E-state index in [-0.39, 0.29) is 11.9 Å². The van der Waals surface area contributed by atoms with Crippen LogP contribution in [0.2, 0.25) is 0 Å². The van der Waals surface area contributed by atoms with Crippen LogP contribution in [0.4, 0.5) is 10.5 Å². The molecular formula is C23H34N4O2. The van der Waals surface area contributed by atoms with Gasteiger partial charge >= 0.3 is 6.03 Å². The van der Waals surface area contributed by atoms with Crippen LogP contribution in [0.15, 0.2) is 18.2 Å². The molecule has 3 fully saturated rings. The van der Waals surface area contributed by atoms with E-state index in [4.69, 9.17) is 0 Å². The van der Waals surface area contributed by atoms with Crippen LogP contribution >= 0.6 is 0 Å². The van der Waals surface area contributed by atoms with Crippen molar-refractivity contribution in [1.82, 2.24) is 15.1 Å². The van der Waals surface area contributed by atoms with Crippen LogP contribution < -0.4 is 10.6 Å². The Morgan fingerprint density at radius 1 is 1.00 bits per heavy atom. The summed E-state index contributed by atoms with van der Waals surface area (Å²) in [5.41, 5.74) is 2.13. The van der Waals surface area contributed by atoms with Crippen LogP contribution in [0.25, 0.3) is 0 Å². The Kier molecular flexibility index (Phi) is 5.81. The summed E-state index contributed by atoms with van der Waals surface area (Å²) in [6.07, 6.45) is 6.97. The molecule has 6 heteroatoms. The van der Waals surface area contributed by atoms with Crippen LogP contribution in [-0.4, -0.2) is 59.5 Å². The van der Waals surface area contributed by atoms with Crippen molar-refractivity contribution in [3.63, 3.8) is 0 Å². The number of anilines is 1. The number of urea groups is 1. The third kappa shape index (κ3) is 4.13. The standard InChI is InChI=1S/C23H34N4O2/c1-17-8-6-9-18(2)20(17)24-22(29)25-23(11-4-3-5-12-23)21(28)27-15-14-26-13-7-10-19(26)16-27/h6,8-9,19H,3-5,7,10-16H2,1-2H3,(H2,24,25,29)/t19-/m0/s1. The van der Waals surface area contributed by atoms with Gasteiger partial charge in [-0.1, -0.05) is 37.5 Å². The lowest BCUT2D eigenvalue weighted by atomic mass is 9.80. The lowest BCUT2D eigenvalue weighted by Crippen LogP contribution is -2.64. The molecule has 1 atom stereocenters. The number of amides is 3. The van der Waals surface area contributed by atoms with Crippen molar-refractivity contribution in [1.29, 1.82) is 0 Å². The maximum Gasteiger partial charge on any atom is 0.320 e. The Morgan fingerprint density at radius 2 is 1.72 bits per heavy atom. The van der Waals surface area contributed by atoms with Gasteiger partial charge in [-0.3, -0.25) is 9.69 Å². The zero-order chi connectivity index (χ0) is 20.4. The minimum Gasteiger partial charge on any atom is -0.338 e. The SMILES string of the molecule is Cc1cccc(C)c1NC(=O)NC1(C(=O)N2CCN3CCC[C@H]3C2)CCCCC1. The molecule has 1 aromatic rings. The van der Waals surface area contributed by atoms with Crippen LogP contribution in [0.5, 0.6) is 0 Å². The molecule has 1 aliphatic carbocycles. The smallest absolute Gasteiger partial charge is 0.320 e. The molecular weight excluding hydrogens is 364 g/mol. The molecule has 6 nitrogen and oxygen atoms in total. The minimum atomic E-state index is -0.764. The van der Waals surface area contributed by atoms with E-state index >= 15 is 0 Å². The summed E-state index contributed by atoms with van der Waals surface area (Å²) in [5.74, 6) is 0.125. The van der Waals surface area contributed by atoms with E-state index in [1.165, 1.54) is 12.8 Å². The van der Waals surface area contributed by atoms with E-state index in [1.54, 1.807) is 0 Å². The number of piperazine rings is 1. The molecule has 0 bridgehead atoms. The molecule has 0 radical (unpaired) electrons. The Morgan fingerprint density at radius 3 is 2.45 bits per heavy atom. The molecule has 4 rings (SSSR count). The van der Waals surface area contributed by atoms with Crippen molar-refractivity contribution in [2.45, 2.75) is 70.4 Å². The maximum atomic E-state index is 13.7. The number of carbonyl (C=O) groups is 2. The monoisotopic (exact) mass is 398 g/mol. The highest BCUT2D eigenvalue weighted by Gasteiger charge is 2.45. The van der Waals surface area contributed by atoms with E-state index in [9.17, 15) is 9.59 Å². The fraction of sp³-hybridized carbons (Fsp3) is 0.652. The van der Waals surface area contributed by atoms with E-state index in [0.717, 1.165) is 75.1 Å². The Labute approximate surface area is 174 Å². The number of hydrogen-bond acceptors (Lipinski definition) is 3. The summed E-state index contributed by atoms with van der Waals surface area (Å²) in [6.45, 7) is 7.68. The van der Waals surface area contributed by atoms with E-state index in [1.807, 2.05) is 36.9 Å². The van der Waals surface area contributed by atoms with Crippen molar-refractivity contribution >= 4 is 17.6 Å². The number of hydrogen-bond donors (Lipinski definition) is 2. The number of rotatable bonds is 3. The van der Waals surface area contributed by atoms with Crippen molar-refractivity contribution in [3.05, 3.63) is 29.3 Å². The Balaban J connectivity index is 1.49. The van der Waals surface area contributed by atoms with Gasteiger partial charge < -0.3 is 15.5 Å². The molecule has 2 saturated heterocycles. The van der Waals surface area contributed by atoms with Crippen LogP contribution in [0, 0.1) is 13.8 Å². The van der Waals surface area contributed by atoms with Crippen LogP contribution in [-0.2, 0) is 4.79 Å². The second kappa shape index (κ2) is 8.34. The zero-order valence-corrected chi connectivity index (χ0v) is 17.8. The average molecular weight is 399 g/mol. The number of nitrogens with zero attached hydrogens (tertiary/aromatic N) is 2. The quantitative estimate of drug-likeness (QED) is 0.820.